The van der Waals surface area contributed by atoms with Crippen LogP contribution in [0.3, 0.4) is 0 Å². The number of benzene rings is 1. The number of halogens is 1. The summed E-state index contributed by atoms with van der Waals surface area (Å²) < 4.78 is 0.916. The number of hydrogen-bond donors (Lipinski definition) is 1. The molecule has 0 spiro atoms. The topological polar surface area (TPSA) is 57.6 Å². The molecule has 0 aromatic heterocycles. The Morgan fingerprint density at radius 3 is 2.26 bits per heavy atom. The molecule has 1 aromatic carbocycles. The number of carbonyl (C=O) groups excluding carboxylic acids is 1. The van der Waals surface area contributed by atoms with Gasteiger partial charge in [-0.05, 0) is 38.0 Å². The molecular weight excluding hydrogens is 310 g/mol. The van der Waals surface area contributed by atoms with Crippen molar-refractivity contribution < 1.29 is 14.7 Å². The molecule has 0 bridgehead atoms. The summed E-state index contributed by atoms with van der Waals surface area (Å²) in [6, 6.07) is 4.20. The Balaban J connectivity index is 3.30. The fourth-order valence-electron chi connectivity index (χ4n) is 2.10. The van der Waals surface area contributed by atoms with Crippen LogP contribution < -0.4 is 0 Å². The number of amides is 1. The third-order valence-corrected chi connectivity index (χ3v) is 3.82. The minimum Gasteiger partial charge on any atom is -0.479 e. The lowest BCUT2D eigenvalue weighted by atomic mass is 10.0. The number of hydrogen-bond acceptors (Lipinski definition) is 2. The molecule has 19 heavy (non-hydrogen) atoms. The van der Waals surface area contributed by atoms with E-state index in [1.165, 1.54) is 11.8 Å². The van der Waals surface area contributed by atoms with E-state index in [1.807, 2.05) is 20.8 Å². The summed E-state index contributed by atoms with van der Waals surface area (Å²) in [5.74, 6) is -1.27. The molecule has 0 aliphatic heterocycles. The zero-order valence-electron chi connectivity index (χ0n) is 11.5. The van der Waals surface area contributed by atoms with E-state index in [9.17, 15) is 14.7 Å². The predicted molar refractivity (Wildman–Crippen MR) is 76.9 cm³/mol. The number of aliphatic carboxylic acids is 1. The van der Waals surface area contributed by atoms with E-state index in [1.54, 1.807) is 18.2 Å². The molecule has 0 heterocycles. The summed E-state index contributed by atoms with van der Waals surface area (Å²) in [5.41, 5.74) is 1.55. The molecule has 104 valence electrons. The molecule has 0 aliphatic carbocycles. The van der Waals surface area contributed by atoms with Crippen LogP contribution in [0.25, 0.3) is 0 Å². The molecule has 1 aromatic rings. The van der Waals surface area contributed by atoms with Gasteiger partial charge in [0.05, 0.1) is 0 Å². The fraction of sp³-hybridized carbons (Fsp3) is 0.429. The Kier molecular flexibility index (Phi) is 5.11. The molecule has 0 radical (unpaired) electrons. The second-order valence-electron chi connectivity index (χ2n) is 4.77. The second-order valence-corrected chi connectivity index (χ2v) is 5.62. The molecule has 1 N–H and O–H groups in total. The summed E-state index contributed by atoms with van der Waals surface area (Å²) >= 11 is 3.38. The van der Waals surface area contributed by atoms with Crippen molar-refractivity contribution in [3.05, 3.63) is 33.8 Å². The molecule has 0 saturated carbocycles. The second kappa shape index (κ2) is 6.19. The van der Waals surface area contributed by atoms with Gasteiger partial charge in [-0.1, -0.05) is 28.1 Å². The first-order valence-electron chi connectivity index (χ1n) is 6.03. The van der Waals surface area contributed by atoms with Gasteiger partial charge in [-0.25, -0.2) is 4.79 Å². The largest absolute Gasteiger partial charge is 0.479 e. The molecule has 0 fully saturated rings. The SMILES string of the molecule is CC(=O)N(C(C)C)C(C(=O)O)c1ccc(Br)c(C)c1. The van der Waals surface area contributed by atoms with E-state index >= 15 is 0 Å². The van der Waals surface area contributed by atoms with Crippen molar-refractivity contribution in [1.82, 2.24) is 4.90 Å². The van der Waals surface area contributed by atoms with Crippen molar-refractivity contribution in [2.75, 3.05) is 0 Å². The molecule has 1 amide bonds. The maximum atomic E-state index is 11.7. The van der Waals surface area contributed by atoms with Crippen molar-refractivity contribution in [2.24, 2.45) is 0 Å². The lowest BCUT2D eigenvalue weighted by molar-refractivity contribution is -0.151. The van der Waals surface area contributed by atoms with Crippen LogP contribution in [0.1, 0.15) is 37.9 Å². The van der Waals surface area contributed by atoms with E-state index in [4.69, 9.17) is 0 Å². The van der Waals surface area contributed by atoms with Gasteiger partial charge >= 0.3 is 5.97 Å². The van der Waals surface area contributed by atoms with E-state index < -0.39 is 12.0 Å². The average Bonchev–Trinajstić information content (AvgIpc) is 2.28. The Bertz CT molecular complexity index is 499. The fourth-order valence-corrected chi connectivity index (χ4v) is 2.35. The third kappa shape index (κ3) is 3.56. The van der Waals surface area contributed by atoms with Gasteiger partial charge in [-0.3, -0.25) is 4.79 Å². The summed E-state index contributed by atoms with van der Waals surface area (Å²) in [6.07, 6.45) is 0. The summed E-state index contributed by atoms with van der Waals surface area (Å²) in [7, 11) is 0. The first kappa shape index (κ1) is 15.7. The molecule has 5 heteroatoms. The van der Waals surface area contributed by atoms with Gasteiger partial charge in [-0.15, -0.1) is 0 Å². The summed E-state index contributed by atoms with van der Waals surface area (Å²) in [6.45, 7) is 6.90. The summed E-state index contributed by atoms with van der Waals surface area (Å²) in [4.78, 5) is 24.6. The zero-order valence-corrected chi connectivity index (χ0v) is 13.1. The van der Waals surface area contributed by atoms with Crippen molar-refractivity contribution in [2.45, 2.75) is 39.8 Å². The lowest BCUT2D eigenvalue weighted by Crippen LogP contribution is -2.42. The van der Waals surface area contributed by atoms with Crippen molar-refractivity contribution >= 4 is 27.8 Å². The molecule has 0 aliphatic rings. The van der Waals surface area contributed by atoms with Gasteiger partial charge in [-0.2, -0.15) is 0 Å². The number of rotatable bonds is 4. The highest BCUT2D eigenvalue weighted by Gasteiger charge is 2.31. The monoisotopic (exact) mass is 327 g/mol. The van der Waals surface area contributed by atoms with Gasteiger partial charge in [0.15, 0.2) is 6.04 Å². The molecule has 1 unspecified atom stereocenters. The molecule has 1 rings (SSSR count). The molecule has 1 atom stereocenters. The van der Waals surface area contributed by atoms with Crippen LogP contribution in [0.4, 0.5) is 0 Å². The van der Waals surface area contributed by atoms with Crippen LogP contribution in [-0.2, 0) is 9.59 Å². The highest BCUT2D eigenvalue weighted by Crippen LogP contribution is 2.27. The van der Waals surface area contributed by atoms with E-state index in [-0.39, 0.29) is 11.9 Å². The lowest BCUT2D eigenvalue weighted by Gasteiger charge is -2.32. The van der Waals surface area contributed by atoms with Gasteiger partial charge < -0.3 is 10.0 Å². The van der Waals surface area contributed by atoms with Gasteiger partial charge in [0.25, 0.3) is 0 Å². The Morgan fingerprint density at radius 2 is 1.89 bits per heavy atom. The highest BCUT2D eigenvalue weighted by atomic mass is 79.9. The van der Waals surface area contributed by atoms with Crippen molar-refractivity contribution in [3.8, 4) is 0 Å². The average molecular weight is 328 g/mol. The van der Waals surface area contributed by atoms with E-state index in [0.717, 1.165) is 10.0 Å². The van der Waals surface area contributed by atoms with Gasteiger partial charge in [0.2, 0.25) is 5.91 Å². The molecule has 0 saturated heterocycles. The van der Waals surface area contributed by atoms with Crippen LogP contribution in [0.2, 0.25) is 0 Å². The van der Waals surface area contributed by atoms with Crippen LogP contribution in [0.5, 0.6) is 0 Å². The third-order valence-electron chi connectivity index (χ3n) is 2.93. The first-order chi connectivity index (χ1) is 8.75. The number of carbonyl (C=O) groups is 2. The van der Waals surface area contributed by atoms with Crippen molar-refractivity contribution in [1.29, 1.82) is 0 Å². The smallest absolute Gasteiger partial charge is 0.331 e. The number of aryl methyl sites for hydroxylation is 1. The first-order valence-corrected chi connectivity index (χ1v) is 6.82. The Labute approximate surface area is 121 Å². The van der Waals surface area contributed by atoms with Crippen LogP contribution in [0.15, 0.2) is 22.7 Å². The highest BCUT2D eigenvalue weighted by molar-refractivity contribution is 9.10. The van der Waals surface area contributed by atoms with Crippen LogP contribution in [-0.4, -0.2) is 27.9 Å². The van der Waals surface area contributed by atoms with Crippen molar-refractivity contribution in [3.63, 3.8) is 0 Å². The Hall–Kier alpha value is -1.36. The minimum atomic E-state index is -1.02. The maximum absolute atomic E-state index is 11.7. The molecule has 4 nitrogen and oxygen atoms in total. The molecular formula is C14H18BrNO3. The number of carboxylic acids is 1. The minimum absolute atomic E-state index is 0.178. The van der Waals surface area contributed by atoms with Gasteiger partial charge in [0.1, 0.15) is 0 Å². The summed E-state index contributed by atoms with van der Waals surface area (Å²) in [5, 5.41) is 9.45. The predicted octanol–water partition coefficient (Wildman–Crippen LogP) is 3.14. The Morgan fingerprint density at radius 1 is 1.32 bits per heavy atom. The maximum Gasteiger partial charge on any atom is 0.331 e. The van der Waals surface area contributed by atoms with Crippen LogP contribution >= 0.6 is 15.9 Å². The van der Waals surface area contributed by atoms with Crippen LogP contribution in [0, 0.1) is 6.92 Å². The van der Waals surface area contributed by atoms with Gasteiger partial charge in [0, 0.05) is 17.4 Å². The zero-order chi connectivity index (χ0) is 14.7. The normalized spacial score (nSPS) is 12.3. The number of nitrogens with zero attached hydrogens (tertiary/aromatic N) is 1. The quantitative estimate of drug-likeness (QED) is 0.924. The van der Waals surface area contributed by atoms with E-state index in [2.05, 4.69) is 15.9 Å². The van der Waals surface area contributed by atoms with E-state index in [0.29, 0.717) is 5.56 Å². The standard InChI is InChI=1S/C14H18BrNO3/c1-8(2)16(10(4)17)13(14(18)19)11-5-6-12(15)9(3)7-11/h5-8,13H,1-4H3,(H,18,19). The number of carboxylic acid groups (broad SMARTS) is 1.